The first-order chi connectivity index (χ1) is 9.88. The number of nitrogen functional groups attached to an aromatic ring is 1. The van der Waals surface area contributed by atoms with Gasteiger partial charge in [0.1, 0.15) is 5.75 Å². The fraction of sp³-hybridized carbons (Fsp3) is 0.200. The van der Waals surface area contributed by atoms with Crippen LogP contribution in [0.15, 0.2) is 42.5 Å². The van der Waals surface area contributed by atoms with Crippen LogP contribution in [0.1, 0.15) is 12.5 Å². The molecular weight excluding hydrogens is 281 g/mol. The van der Waals surface area contributed by atoms with E-state index in [1.54, 1.807) is 18.2 Å². The minimum atomic E-state index is -4.34. The fourth-order valence-electron chi connectivity index (χ4n) is 1.85. The van der Waals surface area contributed by atoms with Crippen molar-refractivity contribution in [2.75, 3.05) is 17.7 Å². The first-order valence-electron chi connectivity index (χ1n) is 6.36. The molecule has 0 aliphatic carbocycles. The first kappa shape index (κ1) is 15.0. The number of alkyl halides is 3. The minimum absolute atomic E-state index is 0.503. The molecule has 0 spiro atoms. The van der Waals surface area contributed by atoms with Crippen LogP contribution in [-0.4, -0.2) is 6.61 Å². The van der Waals surface area contributed by atoms with E-state index in [-0.39, 0.29) is 0 Å². The second-order valence-electron chi connectivity index (χ2n) is 4.42. The van der Waals surface area contributed by atoms with Crippen molar-refractivity contribution < 1.29 is 17.9 Å². The van der Waals surface area contributed by atoms with Crippen LogP contribution < -0.4 is 15.8 Å². The number of anilines is 3. The molecule has 0 aromatic heterocycles. The zero-order valence-corrected chi connectivity index (χ0v) is 11.4. The molecular formula is C15H15F3N2O. The van der Waals surface area contributed by atoms with E-state index in [4.69, 9.17) is 10.5 Å². The molecule has 6 heteroatoms. The Bertz CT molecular complexity index is 609. The molecule has 0 aliphatic heterocycles. The molecule has 0 saturated heterocycles. The van der Waals surface area contributed by atoms with Crippen molar-refractivity contribution in [3.8, 4) is 5.75 Å². The van der Waals surface area contributed by atoms with Crippen molar-refractivity contribution in [1.29, 1.82) is 0 Å². The lowest BCUT2D eigenvalue weighted by Crippen LogP contribution is -2.04. The van der Waals surface area contributed by atoms with E-state index in [2.05, 4.69) is 5.32 Å². The summed E-state index contributed by atoms with van der Waals surface area (Å²) in [6.45, 7) is 2.36. The van der Waals surface area contributed by atoms with Gasteiger partial charge in [0.05, 0.1) is 12.2 Å². The smallest absolute Gasteiger partial charge is 0.416 e. The highest BCUT2D eigenvalue weighted by molar-refractivity contribution is 5.66. The molecule has 3 nitrogen and oxygen atoms in total. The van der Waals surface area contributed by atoms with Gasteiger partial charge in [0.25, 0.3) is 0 Å². The Labute approximate surface area is 120 Å². The van der Waals surface area contributed by atoms with E-state index in [0.717, 1.165) is 12.1 Å². The van der Waals surface area contributed by atoms with Gasteiger partial charge in [-0.1, -0.05) is 0 Å². The molecule has 2 aromatic carbocycles. The van der Waals surface area contributed by atoms with Crippen molar-refractivity contribution in [2.45, 2.75) is 13.1 Å². The summed E-state index contributed by atoms with van der Waals surface area (Å²) >= 11 is 0. The van der Waals surface area contributed by atoms with Gasteiger partial charge in [0, 0.05) is 29.2 Å². The largest absolute Gasteiger partial charge is 0.494 e. The number of ether oxygens (including phenoxy) is 1. The van der Waals surface area contributed by atoms with Crippen molar-refractivity contribution in [1.82, 2.24) is 0 Å². The van der Waals surface area contributed by atoms with Gasteiger partial charge in [-0.25, -0.2) is 0 Å². The topological polar surface area (TPSA) is 47.3 Å². The molecule has 0 radical (unpaired) electrons. The molecule has 0 heterocycles. The number of hydrogen-bond acceptors (Lipinski definition) is 3. The Kier molecular flexibility index (Phi) is 4.26. The lowest BCUT2D eigenvalue weighted by Gasteiger charge is -2.12. The molecule has 0 aliphatic rings. The van der Waals surface area contributed by atoms with Gasteiger partial charge in [-0.05, 0) is 37.3 Å². The molecule has 0 fully saturated rings. The summed E-state index contributed by atoms with van der Waals surface area (Å²) in [5.74, 6) is 0.604. The maximum atomic E-state index is 12.5. The molecule has 0 atom stereocenters. The third kappa shape index (κ3) is 4.05. The number of benzene rings is 2. The molecule has 2 aromatic rings. The average Bonchev–Trinajstić information content (AvgIpc) is 2.38. The van der Waals surface area contributed by atoms with Gasteiger partial charge in [-0.3, -0.25) is 0 Å². The van der Waals surface area contributed by atoms with Gasteiger partial charge < -0.3 is 15.8 Å². The third-order valence-corrected chi connectivity index (χ3v) is 2.74. The van der Waals surface area contributed by atoms with E-state index in [9.17, 15) is 13.2 Å². The summed E-state index contributed by atoms with van der Waals surface area (Å²) in [5, 5.41) is 2.99. The molecule has 112 valence electrons. The van der Waals surface area contributed by atoms with Crippen molar-refractivity contribution in [2.24, 2.45) is 0 Å². The molecule has 21 heavy (non-hydrogen) atoms. The van der Waals surface area contributed by atoms with Crippen molar-refractivity contribution in [3.63, 3.8) is 0 Å². The monoisotopic (exact) mass is 296 g/mol. The lowest BCUT2D eigenvalue weighted by atomic mass is 10.2. The van der Waals surface area contributed by atoms with Crippen molar-refractivity contribution in [3.05, 3.63) is 48.0 Å². The molecule has 0 amide bonds. The van der Waals surface area contributed by atoms with Gasteiger partial charge in [0.2, 0.25) is 0 Å². The summed E-state index contributed by atoms with van der Waals surface area (Å²) in [5.41, 5.74) is 6.77. The second kappa shape index (κ2) is 5.95. The molecule has 0 bridgehead atoms. The standard InChI is InChI=1S/C15H15F3N2O/c1-2-21-14-8-11(19)7-13(9-14)20-12-5-3-10(4-6-12)15(16,17)18/h3-9,20H,2,19H2,1H3. The van der Waals surface area contributed by atoms with Gasteiger partial charge >= 0.3 is 6.18 Å². The quantitative estimate of drug-likeness (QED) is 0.820. The van der Waals surface area contributed by atoms with Crippen LogP contribution in [0.3, 0.4) is 0 Å². The summed E-state index contributed by atoms with van der Waals surface area (Å²) in [6.07, 6.45) is -4.34. The van der Waals surface area contributed by atoms with Gasteiger partial charge in [-0.2, -0.15) is 13.2 Å². The number of hydrogen-bond donors (Lipinski definition) is 2. The highest BCUT2D eigenvalue weighted by atomic mass is 19.4. The van der Waals surface area contributed by atoms with Crippen LogP contribution >= 0.6 is 0 Å². The Morgan fingerprint density at radius 3 is 2.29 bits per heavy atom. The number of rotatable bonds is 4. The fourth-order valence-corrected chi connectivity index (χ4v) is 1.85. The van der Waals surface area contributed by atoms with E-state index in [1.807, 2.05) is 6.92 Å². The summed E-state index contributed by atoms with van der Waals surface area (Å²) in [6, 6.07) is 9.88. The normalized spacial score (nSPS) is 11.2. The Hall–Kier alpha value is -2.37. The molecule has 2 rings (SSSR count). The molecule has 3 N–H and O–H groups in total. The maximum absolute atomic E-state index is 12.5. The minimum Gasteiger partial charge on any atom is -0.494 e. The maximum Gasteiger partial charge on any atom is 0.416 e. The van der Waals surface area contributed by atoms with E-state index in [0.29, 0.717) is 29.4 Å². The summed E-state index contributed by atoms with van der Waals surface area (Å²) < 4.78 is 42.8. The van der Waals surface area contributed by atoms with Crippen LogP contribution in [0.2, 0.25) is 0 Å². The van der Waals surface area contributed by atoms with Crippen LogP contribution in [0, 0.1) is 0 Å². The van der Waals surface area contributed by atoms with Crippen LogP contribution in [0.4, 0.5) is 30.2 Å². The van der Waals surface area contributed by atoms with Crippen molar-refractivity contribution >= 4 is 17.1 Å². The van der Waals surface area contributed by atoms with E-state index in [1.165, 1.54) is 12.1 Å². The predicted molar refractivity (Wildman–Crippen MR) is 76.8 cm³/mol. The zero-order valence-electron chi connectivity index (χ0n) is 11.4. The van der Waals surface area contributed by atoms with Crippen LogP contribution in [-0.2, 0) is 6.18 Å². The SMILES string of the molecule is CCOc1cc(N)cc(Nc2ccc(C(F)(F)F)cc2)c1. The van der Waals surface area contributed by atoms with Crippen LogP contribution in [0.5, 0.6) is 5.75 Å². The highest BCUT2D eigenvalue weighted by Crippen LogP contribution is 2.31. The average molecular weight is 296 g/mol. The summed E-state index contributed by atoms with van der Waals surface area (Å²) in [7, 11) is 0. The van der Waals surface area contributed by atoms with E-state index < -0.39 is 11.7 Å². The Balaban J connectivity index is 2.18. The zero-order chi connectivity index (χ0) is 15.5. The number of nitrogens with one attached hydrogen (secondary N) is 1. The Morgan fingerprint density at radius 2 is 1.71 bits per heavy atom. The highest BCUT2D eigenvalue weighted by Gasteiger charge is 2.29. The number of halogens is 3. The first-order valence-corrected chi connectivity index (χ1v) is 6.36. The number of nitrogens with two attached hydrogens (primary N) is 1. The van der Waals surface area contributed by atoms with Gasteiger partial charge in [0.15, 0.2) is 0 Å². The molecule has 0 unspecified atom stereocenters. The predicted octanol–water partition coefficient (Wildman–Crippen LogP) is 4.43. The third-order valence-electron chi connectivity index (χ3n) is 2.74. The van der Waals surface area contributed by atoms with Crippen LogP contribution in [0.25, 0.3) is 0 Å². The lowest BCUT2D eigenvalue weighted by molar-refractivity contribution is -0.137. The van der Waals surface area contributed by atoms with Gasteiger partial charge in [-0.15, -0.1) is 0 Å². The van der Waals surface area contributed by atoms with E-state index >= 15 is 0 Å². The molecule has 0 saturated carbocycles. The summed E-state index contributed by atoms with van der Waals surface area (Å²) in [4.78, 5) is 0. The second-order valence-corrected chi connectivity index (χ2v) is 4.42. The Morgan fingerprint density at radius 1 is 1.05 bits per heavy atom.